The topological polar surface area (TPSA) is 49.3 Å². The van der Waals surface area contributed by atoms with Crippen molar-refractivity contribution >= 4 is 17.4 Å². The van der Waals surface area contributed by atoms with Crippen LogP contribution in [0.15, 0.2) is 24.3 Å². The van der Waals surface area contributed by atoms with Gasteiger partial charge in [-0.25, -0.2) is 0 Å². The third-order valence-electron chi connectivity index (χ3n) is 3.61. The molecular weight excluding hydrogens is 296 g/mol. The molecule has 1 atom stereocenters. The summed E-state index contributed by atoms with van der Waals surface area (Å²) in [7, 11) is 5.68. The van der Waals surface area contributed by atoms with Crippen molar-refractivity contribution in [2.75, 3.05) is 21.1 Å². The molecule has 0 fully saturated rings. The maximum atomic E-state index is 12.9. The molecule has 0 unspecified atom stereocenters. The zero-order valence-electron chi connectivity index (χ0n) is 13.7. The highest BCUT2D eigenvalue weighted by molar-refractivity contribution is 7.05. The van der Waals surface area contributed by atoms with E-state index in [1.165, 1.54) is 11.5 Å². The molecule has 1 aromatic carbocycles. The molecule has 1 amide bonds. The standard InChI is InChI=1S/C16H22N4OS/c1-11-7-6-8-13(9-11)15(19(3)4)16(21)20(5)10-14-12(2)17-18-22-14/h6-9,15H,10H2,1-5H3/t15-/m0/s1. The van der Waals surface area contributed by atoms with E-state index in [9.17, 15) is 4.79 Å². The summed E-state index contributed by atoms with van der Waals surface area (Å²) < 4.78 is 3.93. The van der Waals surface area contributed by atoms with Gasteiger partial charge in [0, 0.05) is 7.05 Å². The van der Waals surface area contributed by atoms with Gasteiger partial charge in [0.1, 0.15) is 6.04 Å². The van der Waals surface area contributed by atoms with E-state index >= 15 is 0 Å². The number of hydrogen-bond acceptors (Lipinski definition) is 5. The van der Waals surface area contributed by atoms with Crippen LogP contribution < -0.4 is 0 Å². The largest absolute Gasteiger partial charge is 0.339 e. The van der Waals surface area contributed by atoms with Crippen LogP contribution in [0.1, 0.15) is 27.7 Å². The molecule has 0 saturated heterocycles. The summed E-state index contributed by atoms with van der Waals surface area (Å²) in [6.45, 7) is 4.50. The summed E-state index contributed by atoms with van der Waals surface area (Å²) >= 11 is 1.35. The predicted octanol–water partition coefficient (Wildman–Crippen LogP) is 2.42. The number of carbonyl (C=O) groups is 1. The molecule has 6 heteroatoms. The summed E-state index contributed by atoms with van der Waals surface area (Å²) in [6, 6.07) is 7.81. The highest BCUT2D eigenvalue weighted by atomic mass is 32.1. The van der Waals surface area contributed by atoms with E-state index in [2.05, 4.69) is 15.7 Å². The summed E-state index contributed by atoms with van der Waals surface area (Å²) in [5.74, 6) is 0.0726. The number of aryl methyl sites for hydroxylation is 2. The number of benzene rings is 1. The van der Waals surface area contributed by atoms with Gasteiger partial charge < -0.3 is 4.90 Å². The molecule has 2 aromatic rings. The number of aromatic nitrogens is 2. The Hall–Kier alpha value is -1.79. The molecule has 1 aromatic heterocycles. The number of rotatable bonds is 5. The lowest BCUT2D eigenvalue weighted by molar-refractivity contribution is -0.135. The Labute approximate surface area is 135 Å². The maximum absolute atomic E-state index is 12.9. The van der Waals surface area contributed by atoms with Crippen molar-refractivity contribution in [3.05, 3.63) is 46.0 Å². The van der Waals surface area contributed by atoms with Crippen LogP contribution in [0.25, 0.3) is 0 Å². The monoisotopic (exact) mass is 318 g/mol. The van der Waals surface area contributed by atoms with Gasteiger partial charge in [0.05, 0.1) is 17.1 Å². The maximum Gasteiger partial charge on any atom is 0.244 e. The van der Waals surface area contributed by atoms with Crippen LogP contribution >= 0.6 is 11.5 Å². The Morgan fingerprint density at radius 1 is 1.27 bits per heavy atom. The molecule has 0 aliphatic rings. The van der Waals surface area contributed by atoms with Gasteiger partial charge in [0.2, 0.25) is 5.91 Å². The van der Waals surface area contributed by atoms with Gasteiger partial charge in [-0.3, -0.25) is 9.69 Å². The van der Waals surface area contributed by atoms with E-state index < -0.39 is 0 Å². The minimum absolute atomic E-state index is 0.0726. The SMILES string of the molecule is Cc1cccc([C@@H](C(=O)N(C)Cc2snnc2C)N(C)C)c1. The van der Waals surface area contributed by atoms with Crippen molar-refractivity contribution in [1.82, 2.24) is 19.4 Å². The lowest BCUT2D eigenvalue weighted by Gasteiger charge is -2.28. The van der Waals surface area contributed by atoms with Crippen molar-refractivity contribution in [2.24, 2.45) is 0 Å². The normalized spacial score (nSPS) is 12.5. The Balaban J connectivity index is 2.21. The second kappa shape index (κ2) is 6.98. The van der Waals surface area contributed by atoms with Crippen molar-refractivity contribution < 1.29 is 4.79 Å². The summed E-state index contributed by atoms with van der Waals surface area (Å²) in [5.41, 5.74) is 3.06. The molecule has 1 heterocycles. The van der Waals surface area contributed by atoms with Crippen LogP contribution in [0, 0.1) is 13.8 Å². The Kier molecular flexibility index (Phi) is 5.26. The fourth-order valence-corrected chi connectivity index (χ4v) is 3.09. The van der Waals surface area contributed by atoms with Crippen LogP contribution in [0.5, 0.6) is 0 Å². The second-order valence-corrected chi connectivity index (χ2v) is 6.59. The first-order valence-corrected chi connectivity index (χ1v) is 7.93. The van der Waals surface area contributed by atoms with Gasteiger partial charge in [-0.15, -0.1) is 5.10 Å². The molecule has 0 N–H and O–H groups in total. The highest BCUT2D eigenvalue weighted by Crippen LogP contribution is 2.23. The lowest BCUT2D eigenvalue weighted by Crippen LogP contribution is -2.38. The second-order valence-electron chi connectivity index (χ2n) is 5.76. The molecule has 118 valence electrons. The molecule has 0 aliphatic heterocycles. The van der Waals surface area contributed by atoms with Gasteiger partial charge in [0.25, 0.3) is 0 Å². The van der Waals surface area contributed by atoms with Gasteiger partial charge in [-0.2, -0.15) is 0 Å². The van der Waals surface area contributed by atoms with Crippen LogP contribution in [0.4, 0.5) is 0 Å². The first kappa shape index (κ1) is 16.6. The molecule has 22 heavy (non-hydrogen) atoms. The first-order valence-electron chi connectivity index (χ1n) is 7.16. The molecule has 0 spiro atoms. The highest BCUT2D eigenvalue weighted by Gasteiger charge is 2.26. The van der Waals surface area contributed by atoms with Gasteiger partial charge >= 0.3 is 0 Å². The zero-order valence-corrected chi connectivity index (χ0v) is 14.5. The van der Waals surface area contributed by atoms with Crippen LogP contribution in [-0.4, -0.2) is 46.4 Å². The van der Waals surface area contributed by atoms with Crippen LogP contribution in [-0.2, 0) is 11.3 Å². The summed E-state index contributed by atoms with van der Waals surface area (Å²) in [5, 5.41) is 4.00. The van der Waals surface area contributed by atoms with Crippen LogP contribution in [0.3, 0.4) is 0 Å². The van der Waals surface area contributed by atoms with Crippen molar-refractivity contribution in [3.63, 3.8) is 0 Å². The molecule has 0 aliphatic carbocycles. The summed E-state index contributed by atoms with van der Waals surface area (Å²) in [4.78, 5) is 17.6. The van der Waals surface area contributed by atoms with E-state index in [4.69, 9.17) is 0 Å². The van der Waals surface area contributed by atoms with Crippen molar-refractivity contribution in [2.45, 2.75) is 26.4 Å². The number of nitrogens with zero attached hydrogens (tertiary/aromatic N) is 4. The van der Waals surface area contributed by atoms with Crippen LogP contribution in [0.2, 0.25) is 0 Å². The first-order chi connectivity index (χ1) is 10.4. The fourth-order valence-electron chi connectivity index (χ4n) is 2.40. The predicted molar refractivity (Wildman–Crippen MR) is 88.7 cm³/mol. The van der Waals surface area contributed by atoms with Crippen molar-refractivity contribution in [1.29, 1.82) is 0 Å². The lowest BCUT2D eigenvalue weighted by atomic mass is 10.0. The van der Waals surface area contributed by atoms with E-state index in [1.54, 1.807) is 4.90 Å². The van der Waals surface area contributed by atoms with E-state index in [1.807, 2.05) is 58.1 Å². The average molecular weight is 318 g/mol. The fraction of sp³-hybridized carbons (Fsp3) is 0.438. The Morgan fingerprint density at radius 2 is 2.00 bits per heavy atom. The number of likely N-dealkylation sites (N-methyl/N-ethyl adjacent to an activating group) is 2. The average Bonchev–Trinajstić information content (AvgIpc) is 2.84. The molecule has 0 radical (unpaired) electrons. The molecule has 0 bridgehead atoms. The summed E-state index contributed by atoms with van der Waals surface area (Å²) in [6.07, 6.45) is 0. The quantitative estimate of drug-likeness (QED) is 0.849. The Morgan fingerprint density at radius 3 is 2.55 bits per heavy atom. The molecule has 2 rings (SSSR count). The molecule has 5 nitrogen and oxygen atoms in total. The van der Waals surface area contributed by atoms with E-state index in [0.29, 0.717) is 6.54 Å². The third-order valence-corrected chi connectivity index (χ3v) is 4.42. The van der Waals surface area contributed by atoms with Crippen molar-refractivity contribution in [3.8, 4) is 0 Å². The van der Waals surface area contributed by atoms with Gasteiger partial charge in [0.15, 0.2) is 0 Å². The molecular formula is C16H22N4OS. The van der Waals surface area contributed by atoms with Gasteiger partial charge in [-0.1, -0.05) is 34.3 Å². The van der Waals surface area contributed by atoms with Gasteiger partial charge in [-0.05, 0) is 45.0 Å². The number of amides is 1. The third kappa shape index (κ3) is 3.69. The molecule has 0 saturated carbocycles. The zero-order chi connectivity index (χ0) is 16.3. The van der Waals surface area contributed by atoms with E-state index in [0.717, 1.165) is 21.7 Å². The minimum atomic E-state index is -0.286. The Bertz CT molecular complexity index is 653. The number of hydrogen-bond donors (Lipinski definition) is 0. The minimum Gasteiger partial charge on any atom is -0.339 e. The smallest absolute Gasteiger partial charge is 0.244 e. The van der Waals surface area contributed by atoms with E-state index in [-0.39, 0.29) is 11.9 Å². The number of carbonyl (C=O) groups excluding carboxylic acids is 1.